The van der Waals surface area contributed by atoms with E-state index in [4.69, 9.17) is 0 Å². The molecule has 0 spiro atoms. The molecule has 0 radical (unpaired) electrons. The summed E-state index contributed by atoms with van der Waals surface area (Å²) in [5, 5.41) is 7.43. The van der Waals surface area contributed by atoms with Crippen LogP contribution in [0.1, 0.15) is 26.2 Å². The van der Waals surface area contributed by atoms with Crippen LogP contribution in [-0.4, -0.2) is 17.2 Å². The van der Waals surface area contributed by atoms with Crippen LogP contribution in [-0.2, 0) is 9.73 Å². The van der Waals surface area contributed by atoms with Gasteiger partial charge in [0.2, 0.25) is 0 Å². The van der Waals surface area contributed by atoms with Crippen molar-refractivity contribution >= 4 is 17.2 Å². The normalized spacial score (nSPS) is 28.4. The Morgan fingerprint density at radius 1 is 1.42 bits per heavy atom. The fourth-order valence-corrected chi connectivity index (χ4v) is 1.68. The molecule has 64 valence electrons. The zero-order valence-electron chi connectivity index (χ0n) is 6.91. The van der Waals surface area contributed by atoms with Crippen LogP contribution in [0.5, 0.6) is 0 Å². The standard InChI is InChI=1S/C8H10N2O2/c1-5-8-6(10-12-9-5)3-2-4-7(8)11/h8H,2-4H2,1H3. The third-order valence-corrected chi connectivity index (χ3v) is 2.27. The van der Waals surface area contributed by atoms with Crippen LogP contribution in [0.2, 0.25) is 0 Å². The first-order valence-corrected chi connectivity index (χ1v) is 4.09. The lowest BCUT2D eigenvalue weighted by Crippen LogP contribution is -2.36. The fourth-order valence-electron chi connectivity index (χ4n) is 1.68. The molecule has 0 aromatic heterocycles. The molecule has 0 saturated heterocycles. The topological polar surface area (TPSA) is 51.0 Å². The van der Waals surface area contributed by atoms with Gasteiger partial charge in [0.1, 0.15) is 11.7 Å². The molecule has 2 aliphatic rings. The van der Waals surface area contributed by atoms with Crippen LogP contribution in [0, 0.1) is 5.92 Å². The summed E-state index contributed by atoms with van der Waals surface area (Å²) < 4.78 is 0. The van der Waals surface area contributed by atoms with E-state index in [1.54, 1.807) is 0 Å². The van der Waals surface area contributed by atoms with Crippen molar-refractivity contribution < 1.29 is 9.73 Å². The molecule has 1 aliphatic carbocycles. The van der Waals surface area contributed by atoms with E-state index in [1.165, 1.54) is 0 Å². The smallest absolute Gasteiger partial charge is 0.147 e. The van der Waals surface area contributed by atoms with E-state index in [1.807, 2.05) is 6.92 Å². The first kappa shape index (κ1) is 7.46. The molecule has 1 atom stereocenters. The number of oxime groups is 2. The Hall–Kier alpha value is -1.19. The highest BCUT2D eigenvalue weighted by atomic mass is 16.8. The van der Waals surface area contributed by atoms with Gasteiger partial charge in [-0.2, -0.15) is 0 Å². The van der Waals surface area contributed by atoms with Crippen molar-refractivity contribution in [3.63, 3.8) is 0 Å². The summed E-state index contributed by atoms with van der Waals surface area (Å²) in [6.07, 6.45) is 2.41. The Morgan fingerprint density at radius 3 is 3.00 bits per heavy atom. The van der Waals surface area contributed by atoms with Crippen LogP contribution in [0.3, 0.4) is 0 Å². The Morgan fingerprint density at radius 2 is 2.25 bits per heavy atom. The predicted molar refractivity (Wildman–Crippen MR) is 44.0 cm³/mol. The molecular weight excluding hydrogens is 156 g/mol. The Labute approximate surface area is 70.3 Å². The number of rotatable bonds is 0. The second-order valence-electron chi connectivity index (χ2n) is 3.15. The molecule has 0 amide bonds. The number of Topliss-reactive ketones (excluding diaryl/α,β-unsaturated/α-hetero) is 1. The van der Waals surface area contributed by atoms with Crippen molar-refractivity contribution in [2.24, 2.45) is 16.2 Å². The van der Waals surface area contributed by atoms with Gasteiger partial charge in [-0.3, -0.25) is 4.79 Å². The molecule has 1 heterocycles. The third-order valence-electron chi connectivity index (χ3n) is 2.27. The Balaban J connectivity index is 2.30. The third kappa shape index (κ3) is 1.03. The van der Waals surface area contributed by atoms with Crippen LogP contribution >= 0.6 is 0 Å². The minimum absolute atomic E-state index is 0.174. The van der Waals surface area contributed by atoms with Gasteiger partial charge in [-0.15, -0.1) is 0 Å². The lowest BCUT2D eigenvalue weighted by molar-refractivity contribution is -0.120. The van der Waals surface area contributed by atoms with Crippen LogP contribution < -0.4 is 0 Å². The first-order chi connectivity index (χ1) is 5.79. The first-order valence-electron chi connectivity index (χ1n) is 4.09. The molecule has 0 aromatic rings. The van der Waals surface area contributed by atoms with Gasteiger partial charge in [-0.25, -0.2) is 4.94 Å². The van der Waals surface area contributed by atoms with Crippen molar-refractivity contribution in [2.45, 2.75) is 26.2 Å². The lowest BCUT2D eigenvalue weighted by atomic mass is 9.83. The molecular formula is C8H10N2O2. The van der Waals surface area contributed by atoms with Crippen molar-refractivity contribution in [2.75, 3.05) is 0 Å². The molecule has 12 heavy (non-hydrogen) atoms. The molecule has 1 saturated carbocycles. The second-order valence-corrected chi connectivity index (χ2v) is 3.15. The van der Waals surface area contributed by atoms with Gasteiger partial charge in [0, 0.05) is 6.42 Å². The van der Waals surface area contributed by atoms with Gasteiger partial charge in [0.05, 0.1) is 11.4 Å². The lowest BCUT2D eigenvalue weighted by Gasteiger charge is -2.23. The molecule has 0 aromatic carbocycles. The summed E-state index contributed by atoms with van der Waals surface area (Å²) >= 11 is 0. The summed E-state index contributed by atoms with van der Waals surface area (Å²) in [5.41, 5.74) is 1.59. The number of hydrogen-bond donors (Lipinski definition) is 0. The maximum absolute atomic E-state index is 11.4. The summed E-state index contributed by atoms with van der Waals surface area (Å²) in [6, 6.07) is 0. The highest BCUT2D eigenvalue weighted by molar-refractivity contribution is 6.23. The molecule has 0 N–H and O–H groups in total. The molecule has 0 bridgehead atoms. The zero-order chi connectivity index (χ0) is 8.55. The molecule has 4 nitrogen and oxygen atoms in total. The van der Waals surface area contributed by atoms with Crippen LogP contribution in [0.25, 0.3) is 0 Å². The van der Waals surface area contributed by atoms with E-state index in [-0.39, 0.29) is 11.7 Å². The number of carbonyl (C=O) groups excluding carboxylic acids is 1. The van der Waals surface area contributed by atoms with Crippen molar-refractivity contribution in [3.8, 4) is 0 Å². The summed E-state index contributed by atoms with van der Waals surface area (Å²) in [7, 11) is 0. The zero-order valence-corrected chi connectivity index (χ0v) is 6.91. The van der Waals surface area contributed by atoms with E-state index in [2.05, 4.69) is 15.2 Å². The quantitative estimate of drug-likeness (QED) is 0.541. The summed E-state index contributed by atoms with van der Waals surface area (Å²) in [5.74, 6) is 0.0528. The minimum Gasteiger partial charge on any atom is -0.299 e. The molecule has 1 aliphatic heterocycles. The number of nitrogens with zero attached hydrogens (tertiary/aromatic N) is 2. The van der Waals surface area contributed by atoms with Crippen LogP contribution in [0.15, 0.2) is 10.3 Å². The van der Waals surface area contributed by atoms with E-state index in [0.29, 0.717) is 6.42 Å². The monoisotopic (exact) mass is 166 g/mol. The number of ketones is 1. The fraction of sp³-hybridized carbons (Fsp3) is 0.625. The average Bonchev–Trinajstić information content (AvgIpc) is 2.04. The number of carbonyl (C=O) groups is 1. The summed E-state index contributed by atoms with van der Waals surface area (Å²) in [4.78, 5) is 16.0. The SMILES string of the molecule is CC1=NON=C2CCCC(=O)C12. The average molecular weight is 166 g/mol. The maximum atomic E-state index is 11.4. The Kier molecular flexibility index (Phi) is 1.67. The molecule has 1 unspecified atom stereocenters. The van der Waals surface area contributed by atoms with Gasteiger partial charge < -0.3 is 0 Å². The highest BCUT2D eigenvalue weighted by Gasteiger charge is 2.33. The molecule has 2 rings (SSSR count). The van der Waals surface area contributed by atoms with E-state index in [9.17, 15) is 4.79 Å². The minimum atomic E-state index is -0.174. The second kappa shape index (κ2) is 2.69. The molecule has 4 heteroatoms. The Bertz CT molecular complexity index is 281. The maximum Gasteiger partial charge on any atom is 0.147 e. The van der Waals surface area contributed by atoms with Gasteiger partial charge in [-0.05, 0) is 19.8 Å². The van der Waals surface area contributed by atoms with Gasteiger partial charge in [0.15, 0.2) is 0 Å². The largest absolute Gasteiger partial charge is 0.299 e. The van der Waals surface area contributed by atoms with Crippen molar-refractivity contribution in [3.05, 3.63) is 0 Å². The van der Waals surface area contributed by atoms with E-state index >= 15 is 0 Å². The van der Waals surface area contributed by atoms with Crippen molar-refractivity contribution in [1.29, 1.82) is 0 Å². The van der Waals surface area contributed by atoms with Gasteiger partial charge >= 0.3 is 0 Å². The number of fused-ring (bicyclic) bond motifs is 1. The predicted octanol–water partition coefficient (Wildman–Crippen LogP) is 1.12. The summed E-state index contributed by atoms with van der Waals surface area (Å²) in [6.45, 7) is 1.81. The van der Waals surface area contributed by atoms with E-state index in [0.717, 1.165) is 24.3 Å². The van der Waals surface area contributed by atoms with Crippen molar-refractivity contribution in [1.82, 2.24) is 0 Å². The highest BCUT2D eigenvalue weighted by Crippen LogP contribution is 2.22. The van der Waals surface area contributed by atoms with E-state index < -0.39 is 0 Å². The van der Waals surface area contributed by atoms with Crippen LogP contribution in [0.4, 0.5) is 0 Å². The number of hydrogen-bond acceptors (Lipinski definition) is 4. The molecule has 1 fully saturated rings. The van der Waals surface area contributed by atoms with Gasteiger partial charge in [-0.1, -0.05) is 10.3 Å². The van der Waals surface area contributed by atoms with Gasteiger partial charge in [0.25, 0.3) is 0 Å².